The Balaban J connectivity index is 1.73. The zero-order chi connectivity index (χ0) is 30.2. The van der Waals surface area contributed by atoms with Crippen molar-refractivity contribution in [1.82, 2.24) is 30.8 Å². The number of hydrogen-bond acceptors (Lipinski definition) is 8. The third-order valence-corrected chi connectivity index (χ3v) is 6.68. The molecule has 0 aliphatic carbocycles. The van der Waals surface area contributed by atoms with Crippen LogP contribution in [0.25, 0.3) is 22.5 Å². The molecule has 2 aromatic carbocycles. The summed E-state index contributed by atoms with van der Waals surface area (Å²) < 4.78 is 10.6. The molecule has 2 N–H and O–H groups in total. The van der Waals surface area contributed by atoms with E-state index in [1.807, 2.05) is 69.3 Å². The molecular formula is C31H42N6O5. The number of amides is 2. The number of nitrogens with one attached hydrogen (secondary N) is 2. The van der Waals surface area contributed by atoms with E-state index in [1.54, 1.807) is 4.90 Å². The van der Waals surface area contributed by atoms with Crippen LogP contribution in [0.3, 0.4) is 0 Å². The number of benzene rings is 2. The Morgan fingerprint density at radius 1 is 0.881 bits per heavy atom. The molecule has 0 saturated heterocycles. The van der Waals surface area contributed by atoms with Gasteiger partial charge in [0.25, 0.3) is 0 Å². The van der Waals surface area contributed by atoms with E-state index in [2.05, 4.69) is 25.9 Å². The molecule has 1 atom stereocenters. The number of ether oxygens (including phenoxy) is 2. The molecule has 0 fully saturated rings. The van der Waals surface area contributed by atoms with Gasteiger partial charge in [0.2, 0.25) is 5.82 Å². The van der Waals surface area contributed by atoms with E-state index < -0.39 is 24.0 Å². The van der Waals surface area contributed by atoms with Crippen LogP contribution in [0.5, 0.6) is 0 Å². The molecule has 0 aliphatic heterocycles. The van der Waals surface area contributed by atoms with Gasteiger partial charge < -0.3 is 19.7 Å². The lowest BCUT2D eigenvalue weighted by atomic mass is 9.98. The summed E-state index contributed by atoms with van der Waals surface area (Å²) in [4.78, 5) is 40.3. The topological polar surface area (TPSA) is 139 Å². The number of hydrogen-bond donors (Lipinski definition) is 2. The third kappa shape index (κ3) is 9.97. The number of carbonyl (C=O) groups excluding carboxylic acids is 3. The number of aromatic nitrogens is 4. The van der Waals surface area contributed by atoms with Crippen molar-refractivity contribution >= 4 is 18.0 Å². The Hall–Kier alpha value is -4.28. The van der Waals surface area contributed by atoms with Crippen molar-refractivity contribution in [2.45, 2.75) is 78.3 Å². The summed E-state index contributed by atoms with van der Waals surface area (Å²) in [5.74, 6) is -0.670. The van der Waals surface area contributed by atoms with Crippen LogP contribution in [0.15, 0.2) is 48.5 Å². The first-order chi connectivity index (χ1) is 20.5. The highest BCUT2D eigenvalue weighted by molar-refractivity contribution is 5.87. The minimum Gasteiger partial charge on any atom is -0.466 e. The van der Waals surface area contributed by atoms with Crippen molar-refractivity contribution in [1.29, 1.82) is 0 Å². The van der Waals surface area contributed by atoms with E-state index in [-0.39, 0.29) is 19.6 Å². The zero-order valence-electron chi connectivity index (χ0n) is 24.8. The maximum Gasteiger partial charge on any atom is 0.329 e. The molecule has 2 amide bonds. The van der Waals surface area contributed by atoms with Crippen LogP contribution >= 0.6 is 0 Å². The summed E-state index contributed by atoms with van der Waals surface area (Å²) in [5, 5.41) is 17.1. The van der Waals surface area contributed by atoms with Gasteiger partial charge in [-0.2, -0.15) is 5.21 Å². The summed E-state index contributed by atoms with van der Waals surface area (Å²) in [7, 11) is 0. The van der Waals surface area contributed by atoms with Gasteiger partial charge in [0.1, 0.15) is 6.04 Å². The number of urea groups is 1. The Morgan fingerprint density at radius 2 is 1.55 bits per heavy atom. The molecule has 11 nitrogen and oxygen atoms in total. The number of rotatable bonds is 17. The first kappa shape index (κ1) is 32.2. The quantitative estimate of drug-likeness (QED) is 0.163. The number of tetrazole rings is 1. The van der Waals surface area contributed by atoms with E-state index in [0.29, 0.717) is 25.3 Å². The van der Waals surface area contributed by atoms with Gasteiger partial charge in [0, 0.05) is 18.7 Å². The summed E-state index contributed by atoms with van der Waals surface area (Å²) in [5.41, 5.74) is 3.71. The molecule has 0 spiro atoms. The summed E-state index contributed by atoms with van der Waals surface area (Å²) in [6, 6.07) is 14.2. The standard InChI is InChI=1S/C31H42N6O5/c1-4-7-18-37(31(40)32-27(30(39)42-20-9-6-3)21-28(38)41-19-8-5-2)22-23-14-16-24(17-15-23)25-12-10-11-13-26(25)29-33-35-36-34-29/h10-17,27H,4-9,18-22H2,1-3H3,(H,32,40)(H,33,34,35,36). The highest BCUT2D eigenvalue weighted by Gasteiger charge is 2.28. The molecule has 0 bridgehead atoms. The van der Waals surface area contributed by atoms with Crippen LogP contribution in [0.2, 0.25) is 0 Å². The molecule has 3 aromatic rings. The second-order valence-electron chi connectivity index (χ2n) is 10.1. The maximum absolute atomic E-state index is 13.4. The summed E-state index contributed by atoms with van der Waals surface area (Å²) in [6.07, 6.45) is 4.56. The Bertz CT molecular complexity index is 1250. The Labute approximate surface area is 247 Å². The molecule has 3 rings (SSSR count). The molecular weight excluding hydrogens is 536 g/mol. The molecule has 11 heteroatoms. The predicted octanol–water partition coefficient (Wildman–Crippen LogP) is 5.29. The van der Waals surface area contributed by atoms with E-state index in [1.165, 1.54) is 0 Å². The Morgan fingerprint density at radius 3 is 2.19 bits per heavy atom. The number of nitrogens with zero attached hydrogens (tertiary/aromatic N) is 4. The highest BCUT2D eigenvalue weighted by Crippen LogP contribution is 2.29. The van der Waals surface area contributed by atoms with Gasteiger partial charge in [0.15, 0.2) is 0 Å². The largest absolute Gasteiger partial charge is 0.466 e. The van der Waals surface area contributed by atoms with Gasteiger partial charge in [0.05, 0.1) is 19.6 Å². The van der Waals surface area contributed by atoms with Crippen LogP contribution < -0.4 is 5.32 Å². The molecule has 1 aromatic heterocycles. The van der Waals surface area contributed by atoms with Crippen molar-refractivity contribution in [3.8, 4) is 22.5 Å². The minimum absolute atomic E-state index is 0.230. The van der Waals surface area contributed by atoms with E-state index >= 15 is 0 Å². The van der Waals surface area contributed by atoms with Crippen LogP contribution in [0.4, 0.5) is 4.79 Å². The average Bonchev–Trinajstić information content (AvgIpc) is 3.54. The fourth-order valence-electron chi connectivity index (χ4n) is 4.22. The fourth-order valence-corrected chi connectivity index (χ4v) is 4.22. The van der Waals surface area contributed by atoms with Gasteiger partial charge in [-0.15, -0.1) is 10.2 Å². The van der Waals surface area contributed by atoms with Gasteiger partial charge in [-0.05, 0) is 41.2 Å². The monoisotopic (exact) mass is 578 g/mol. The molecule has 0 saturated carbocycles. The molecule has 0 aliphatic rings. The van der Waals surface area contributed by atoms with Crippen LogP contribution in [-0.2, 0) is 25.6 Å². The fraction of sp³-hybridized carbons (Fsp3) is 0.484. The van der Waals surface area contributed by atoms with Gasteiger partial charge in [-0.3, -0.25) is 4.79 Å². The van der Waals surface area contributed by atoms with Gasteiger partial charge >= 0.3 is 18.0 Å². The maximum atomic E-state index is 13.4. The van der Waals surface area contributed by atoms with Crippen molar-refractivity contribution in [3.05, 3.63) is 54.1 Å². The number of H-pyrrole nitrogens is 1. The molecule has 1 heterocycles. The van der Waals surface area contributed by atoms with E-state index in [0.717, 1.165) is 54.4 Å². The van der Waals surface area contributed by atoms with Gasteiger partial charge in [-0.25, -0.2) is 9.59 Å². The summed E-state index contributed by atoms with van der Waals surface area (Å²) in [6.45, 7) is 7.36. The first-order valence-corrected chi connectivity index (χ1v) is 14.8. The Kier molecular flexibility index (Phi) is 13.4. The lowest BCUT2D eigenvalue weighted by molar-refractivity contribution is -0.152. The molecule has 0 radical (unpaired) electrons. The number of esters is 2. The lowest BCUT2D eigenvalue weighted by Crippen LogP contribution is -2.49. The number of aromatic amines is 1. The predicted molar refractivity (Wildman–Crippen MR) is 159 cm³/mol. The van der Waals surface area contributed by atoms with E-state index in [4.69, 9.17) is 9.47 Å². The minimum atomic E-state index is -1.13. The summed E-state index contributed by atoms with van der Waals surface area (Å²) >= 11 is 0. The van der Waals surface area contributed by atoms with Crippen molar-refractivity contribution in [2.24, 2.45) is 0 Å². The van der Waals surface area contributed by atoms with Crippen LogP contribution in [0, 0.1) is 0 Å². The van der Waals surface area contributed by atoms with Crippen molar-refractivity contribution in [3.63, 3.8) is 0 Å². The second kappa shape index (κ2) is 17.5. The van der Waals surface area contributed by atoms with Crippen LogP contribution in [0.1, 0.15) is 71.3 Å². The number of carbonyl (C=O) groups is 3. The SMILES string of the molecule is CCCCOC(=O)CC(NC(=O)N(CCCC)Cc1ccc(-c2ccccc2-c2nn[nH]n2)cc1)C(=O)OCCCC. The van der Waals surface area contributed by atoms with Crippen LogP contribution in [-0.4, -0.2) is 69.3 Å². The first-order valence-electron chi connectivity index (χ1n) is 14.8. The van der Waals surface area contributed by atoms with Crippen molar-refractivity contribution < 1.29 is 23.9 Å². The van der Waals surface area contributed by atoms with Gasteiger partial charge in [-0.1, -0.05) is 88.6 Å². The normalized spacial score (nSPS) is 11.5. The molecule has 42 heavy (non-hydrogen) atoms. The van der Waals surface area contributed by atoms with Crippen molar-refractivity contribution in [2.75, 3.05) is 19.8 Å². The average molecular weight is 579 g/mol. The molecule has 1 unspecified atom stereocenters. The number of unbranched alkanes of at least 4 members (excludes halogenated alkanes) is 3. The molecule has 226 valence electrons. The smallest absolute Gasteiger partial charge is 0.329 e. The highest BCUT2D eigenvalue weighted by atomic mass is 16.5. The third-order valence-electron chi connectivity index (χ3n) is 6.68. The second-order valence-corrected chi connectivity index (χ2v) is 10.1. The van der Waals surface area contributed by atoms with E-state index in [9.17, 15) is 14.4 Å². The zero-order valence-corrected chi connectivity index (χ0v) is 24.8. The lowest BCUT2D eigenvalue weighted by Gasteiger charge is -2.26.